The van der Waals surface area contributed by atoms with Gasteiger partial charge in [-0.1, -0.05) is 28.1 Å². The smallest absolute Gasteiger partial charge is 0.126 e. The van der Waals surface area contributed by atoms with Gasteiger partial charge in [-0.2, -0.15) is 0 Å². The van der Waals surface area contributed by atoms with Crippen molar-refractivity contribution >= 4 is 59.1 Å². The lowest BCUT2D eigenvalue weighted by Crippen LogP contribution is -1.93. The molecule has 0 spiro atoms. The summed E-state index contributed by atoms with van der Waals surface area (Å²) in [5, 5.41) is 0. The second-order valence-electron chi connectivity index (χ2n) is 3.65. The third-order valence-electron chi connectivity index (χ3n) is 2.43. The molecule has 0 saturated heterocycles. The van der Waals surface area contributed by atoms with Gasteiger partial charge < -0.3 is 0 Å². The summed E-state index contributed by atoms with van der Waals surface area (Å²) in [6.07, 6.45) is 0. The molecule has 0 aliphatic heterocycles. The Morgan fingerprint density at radius 1 is 1.24 bits per heavy atom. The van der Waals surface area contributed by atoms with Crippen molar-refractivity contribution in [2.24, 2.45) is 0 Å². The highest BCUT2D eigenvalue weighted by molar-refractivity contribution is 9.12. The van der Waals surface area contributed by atoms with E-state index in [-0.39, 0.29) is 10.6 Å². The van der Waals surface area contributed by atoms with E-state index in [0.717, 1.165) is 18.7 Å². The van der Waals surface area contributed by atoms with Crippen LogP contribution in [0.1, 0.15) is 21.5 Å². The Morgan fingerprint density at radius 3 is 2.47 bits per heavy atom. The van der Waals surface area contributed by atoms with Crippen molar-refractivity contribution in [2.75, 3.05) is 0 Å². The van der Waals surface area contributed by atoms with E-state index in [1.165, 1.54) is 6.07 Å². The van der Waals surface area contributed by atoms with Gasteiger partial charge >= 0.3 is 0 Å². The van der Waals surface area contributed by atoms with Gasteiger partial charge in [0.1, 0.15) is 5.82 Å². The zero-order valence-electron chi connectivity index (χ0n) is 8.81. The number of hydrogen-bond donors (Lipinski definition) is 0. The van der Waals surface area contributed by atoms with E-state index in [1.54, 1.807) is 24.3 Å². The van der Waals surface area contributed by atoms with E-state index in [0.29, 0.717) is 5.56 Å². The fraction of sp³-hybridized carbons (Fsp3) is 0.167. The Labute approximate surface area is 129 Å². The number of alkyl halides is 1. The van der Waals surface area contributed by atoms with Crippen LogP contribution in [0.4, 0.5) is 4.39 Å². The Kier molecular flexibility index (Phi) is 4.45. The largest absolute Gasteiger partial charge is 0.207 e. The molecular weight excluding hydrogens is 435 g/mol. The molecule has 0 saturated carbocycles. The molecule has 0 bridgehead atoms. The average Bonchev–Trinajstić information content (AvgIpc) is 2.61. The fourth-order valence-corrected chi connectivity index (χ4v) is 5.54. The van der Waals surface area contributed by atoms with Crippen molar-refractivity contribution in [2.45, 2.75) is 11.8 Å². The predicted molar refractivity (Wildman–Crippen MR) is 81.6 cm³/mol. The first-order chi connectivity index (χ1) is 7.99. The molecule has 1 aromatic carbocycles. The lowest BCUT2D eigenvalue weighted by atomic mass is 10.1. The highest BCUT2D eigenvalue weighted by Crippen LogP contribution is 2.41. The van der Waals surface area contributed by atoms with Gasteiger partial charge in [0.05, 0.1) is 12.4 Å². The van der Waals surface area contributed by atoms with E-state index < -0.39 is 0 Å². The summed E-state index contributed by atoms with van der Waals surface area (Å²) in [6.45, 7) is 1.77. The summed E-state index contributed by atoms with van der Waals surface area (Å²) in [6, 6.07) is 7.24. The number of rotatable bonds is 2. The highest BCUT2D eigenvalue weighted by Gasteiger charge is 2.17. The summed E-state index contributed by atoms with van der Waals surface area (Å²) in [5.74, 6) is -0.168. The molecule has 1 unspecified atom stereocenters. The molecule has 2 aromatic rings. The monoisotopic (exact) mass is 440 g/mol. The zero-order valence-corrected chi connectivity index (χ0v) is 14.4. The van der Waals surface area contributed by atoms with Crippen molar-refractivity contribution in [3.8, 4) is 0 Å². The second-order valence-corrected chi connectivity index (χ2v) is 8.32. The normalized spacial score (nSPS) is 12.8. The second kappa shape index (κ2) is 5.51. The van der Waals surface area contributed by atoms with Crippen LogP contribution >= 0.6 is 59.1 Å². The van der Waals surface area contributed by atoms with Gasteiger partial charge in [-0.25, -0.2) is 4.39 Å². The van der Waals surface area contributed by atoms with Crippen molar-refractivity contribution in [1.82, 2.24) is 0 Å². The molecule has 0 fully saturated rings. The van der Waals surface area contributed by atoms with Crippen LogP contribution in [0.25, 0.3) is 0 Å². The van der Waals surface area contributed by atoms with Gasteiger partial charge in [-0.05, 0) is 67.6 Å². The minimum Gasteiger partial charge on any atom is -0.207 e. The first-order valence-electron chi connectivity index (χ1n) is 4.84. The minimum atomic E-state index is -0.168. The van der Waals surface area contributed by atoms with Crippen molar-refractivity contribution in [1.29, 1.82) is 0 Å². The first kappa shape index (κ1) is 13.7. The van der Waals surface area contributed by atoms with E-state index in [1.807, 2.05) is 6.07 Å². The number of benzene rings is 1. The van der Waals surface area contributed by atoms with Crippen LogP contribution in [-0.2, 0) is 0 Å². The lowest BCUT2D eigenvalue weighted by Gasteiger charge is -2.10. The van der Waals surface area contributed by atoms with Crippen LogP contribution in [0.3, 0.4) is 0 Å². The van der Waals surface area contributed by atoms with E-state index in [4.69, 9.17) is 0 Å². The Bertz CT molecular complexity index is 551. The molecule has 17 heavy (non-hydrogen) atoms. The average molecular weight is 443 g/mol. The number of aryl methyl sites for hydroxylation is 1. The molecule has 5 heteroatoms. The molecule has 1 aromatic heterocycles. The molecule has 2 rings (SSSR count). The van der Waals surface area contributed by atoms with Gasteiger partial charge in [0.15, 0.2) is 0 Å². The molecule has 90 valence electrons. The summed E-state index contributed by atoms with van der Waals surface area (Å²) in [5.41, 5.74) is 2.86. The molecule has 1 heterocycles. The summed E-state index contributed by atoms with van der Waals surface area (Å²) >= 11 is 12.3. The summed E-state index contributed by atoms with van der Waals surface area (Å²) < 4.78 is 15.4. The van der Waals surface area contributed by atoms with Crippen molar-refractivity contribution < 1.29 is 4.39 Å². The van der Waals surface area contributed by atoms with Crippen molar-refractivity contribution in [3.05, 3.63) is 54.3 Å². The lowest BCUT2D eigenvalue weighted by molar-refractivity contribution is 0.618. The number of thiophene rings is 1. The summed E-state index contributed by atoms with van der Waals surface area (Å²) in [7, 11) is 0. The third kappa shape index (κ3) is 3.00. The minimum absolute atomic E-state index is 0.0683. The topological polar surface area (TPSA) is 0 Å². The Morgan fingerprint density at radius 2 is 1.94 bits per heavy atom. The van der Waals surface area contributed by atoms with Crippen LogP contribution in [0.15, 0.2) is 31.8 Å². The SMILES string of the molecule is Cc1cc(C(Br)c2cc(Br)sc2Br)ccc1F. The van der Waals surface area contributed by atoms with Gasteiger partial charge in [0.2, 0.25) is 0 Å². The molecule has 0 N–H and O–H groups in total. The Hall–Kier alpha value is 0.290. The predicted octanol–water partition coefficient (Wildman–Crippen LogP) is 6.20. The first-order valence-corrected chi connectivity index (χ1v) is 8.15. The number of halogens is 4. The molecule has 0 nitrogen and oxygen atoms in total. The standard InChI is InChI=1S/C12H8Br3FS/c1-6-4-7(2-3-9(6)16)11(14)8-5-10(13)17-12(8)15/h2-5,11H,1H3. The zero-order chi connectivity index (χ0) is 12.6. The molecule has 0 radical (unpaired) electrons. The van der Waals surface area contributed by atoms with Crippen molar-refractivity contribution in [3.63, 3.8) is 0 Å². The number of hydrogen-bond acceptors (Lipinski definition) is 1. The highest BCUT2D eigenvalue weighted by atomic mass is 79.9. The van der Waals surface area contributed by atoms with Crippen LogP contribution in [-0.4, -0.2) is 0 Å². The maximum Gasteiger partial charge on any atom is 0.126 e. The van der Waals surface area contributed by atoms with Gasteiger partial charge in [-0.15, -0.1) is 11.3 Å². The maximum absolute atomic E-state index is 13.2. The van der Waals surface area contributed by atoms with E-state index in [9.17, 15) is 4.39 Å². The van der Waals surface area contributed by atoms with E-state index >= 15 is 0 Å². The van der Waals surface area contributed by atoms with E-state index in [2.05, 4.69) is 53.9 Å². The quantitative estimate of drug-likeness (QED) is 0.485. The van der Waals surface area contributed by atoms with Gasteiger partial charge in [0.25, 0.3) is 0 Å². The summed E-state index contributed by atoms with van der Waals surface area (Å²) in [4.78, 5) is 0.0683. The fourth-order valence-electron chi connectivity index (χ4n) is 1.53. The molecular formula is C12H8Br3FS. The molecule has 1 atom stereocenters. The molecule has 0 amide bonds. The van der Waals surface area contributed by atoms with Crippen LogP contribution in [0, 0.1) is 12.7 Å². The third-order valence-corrected chi connectivity index (χ3v) is 5.84. The maximum atomic E-state index is 13.2. The van der Waals surface area contributed by atoms with Crippen LogP contribution in [0.2, 0.25) is 0 Å². The van der Waals surface area contributed by atoms with Gasteiger partial charge in [-0.3, -0.25) is 0 Å². The molecule has 0 aliphatic carbocycles. The van der Waals surface area contributed by atoms with Crippen LogP contribution in [0.5, 0.6) is 0 Å². The Balaban J connectivity index is 2.40. The van der Waals surface area contributed by atoms with Gasteiger partial charge in [0, 0.05) is 0 Å². The molecule has 0 aliphatic rings. The van der Waals surface area contributed by atoms with Crippen LogP contribution < -0.4 is 0 Å².